The highest BCUT2D eigenvalue weighted by molar-refractivity contribution is 5.87. The highest BCUT2D eigenvalue weighted by atomic mass is 16.5. The van der Waals surface area contributed by atoms with Crippen LogP contribution in [0.5, 0.6) is 0 Å². The first-order valence-corrected chi connectivity index (χ1v) is 6.49. The highest BCUT2D eigenvalue weighted by Gasteiger charge is 2.25. The molecule has 0 spiro atoms. The third-order valence-corrected chi connectivity index (χ3v) is 3.29. The molecule has 0 heterocycles. The van der Waals surface area contributed by atoms with E-state index in [1.807, 2.05) is 44.2 Å². The van der Waals surface area contributed by atoms with Crippen LogP contribution in [-0.4, -0.2) is 25.5 Å². The van der Waals surface area contributed by atoms with E-state index >= 15 is 0 Å². The second-order valence-electron chi connectivity index (χ2n) is 4.57. The Bertz CT molecular complexity index is 417. The Morgan fingerprint density at radius 1 is 1.26 bits per heavy atom. The van der Waals surface area contributed by atoms with Crippen molar-refractivity contribution in [3.05, 3.63) is 35.9 Å². The Morgan fingerprint density at radius 3 is 2.42 bits per heavy atom. The fourth-order valence-electron chi connectivity index (χ4n) is 1.98. The Morgan fingerprint density at radius 2 is 1.89 bits per heavy atom. The van der Waals surface area contributed by atoms with E-state index in [0.29, 0.717) is 0 Å². The summed E-state index contributed by atoms with van der Waals surface area (Å²) in [5, 5.41) is 2.63. The van der Waals surface area contributed by atoms with Gasteiger partial charge in [0.1, 0.15) is 6.54 Å². The van der Waals surface area contributed by atoms with Crippen molar-refractivity contribution in [3.8, 4) is 0 Å². The maximum absolute atomic E-state index is 12.2. The number of methoxy groups -OCH3 is 1. The molecular formula is C15H21NO3. The van der Waals surface area contributed by atoms with E-state index in [4.69, 9.17) is 0 Å². The third-order valence-electron chi connectivity index (χ3n) is 3.29. The number of hydrogen-bond acceptors (Lipinski definition) is 3. The first-order valence-electron chi connectivity index (χ1n) is 6.49. The number of esters is 1. The van der Waals surface area contributed by atoms with Gasteiger partial charge >= 0.3 is 5.97 Å². The molecule has 19 heavy (non-hydrogen) atoms. The maximum atomic E-state index is 12.2. The predicted octanol–water partition coefficient (Wildman–Crippen LogP) is 2.11. The van der Waals surface area contributed by atoms with E-state index in [1.54, 1.807) is 0 Å². The number of ether oxygens (including phenoxy) is 1. The minimum absolute atomic E-state index is 0.0882. The van der Waals surface area contributed by atoms with Crippen LogP contribution < -0.4 is 5.32 Å². The molecule has 0 saturated heterocycles. The molecule has 1 rings (SSSR count). The van der Waals surface area contributed by atoms with Crippen LogP contribution in [0, 0.1) is 5.92 Å². The van der Waals surface area contributed by atoms with Gasteiger partial charge in [0.2, 0.25) is 5.91 Å². The summed E-state index contributed by atoms with van der Waals surface area (Å²) >= 11 is 0. The van der Waals surface area contributed by atoms with Crippen LogP contribution in [0.15, 0.2) is 30.3 Å². The summed E-state index contributed by atoms with van der Waals surface area (Å²) in [4.78, 5) is 23.3. The first kappa shape index (κ1) is 15.2. The molecular weight excluding hydrogens is 242 g/mol. The first-order chi connectivity index (χ1) is 9.10. The van der Waals surface area contributed by atoms with Gasteiger partial charge in [-0.1, -0.05) is 50.6 Å². The number of amides is 1. The van der Waals surface area contributed by atoms with Crippen LogP contribution in [0.25, 0.3) is 0 Å². The van der Waals surface area contributed by atoms with Crippen molar-refractivity contribution >= 4 is 11.9 Å². The largest absolute Gasteiger partial charge is 0.468 e. The van der Waals surface area contributed by atoms with E-state index in [-0.39, 0.29) is 24.3 Å². The molecule has 0 aliphatic carbocycles. The lowest BCUT2D eigenvalue weighted by Gasteiger charge is -2.22. The lowest BCUT2D eigenvalue weighted by Crippen LogP contribution is -2.36. The minimum Gasteiger partial charge on any atom is -0.468 e. The van der Waals surface area contributed by atoms with Gasteiger partial charge in [-0.2, -0.15) is 0 Å². The Balaban J connectivity index is 2.80. The number of hydrogen-bond donors (Lipinski definition) is 1. The van der Waals surface area contributed by atoms with Gasteiger partial charge in [0.05, 0.1) is 13.0 Å². The maximum Gasteiger partial charge on any atom is 0.325 e. The van der Waals surface area contributed by atoms with Crippen molar-refractivity contribution in [2.75, 3.05) is 13.7 Å². The summed E-state index contributed by atoms with van der Waals surface area (Å²) in [6, 6.07) is 9.63. The summed E-state index contributed by atoms with van der Waals surface area (Å²) in [5.41, 5.74) is 0.971. The average molecular weight is 263 g/mol. The SMILES string of the molecule is CCC(C)C(C(=O)NCC(=O)OC)c1ccccc1. The zero-order chi connectivity index (χ0) is 14.3. The van der Waals surface area contributed by atoms with E-state index in [2.05, 4.69) is 10.1 Å². The summed E-state index contributed by atoms with van der Waals surface area (Å²) in [6.07, 6.45) is 0.894. The summed E-state index contributed by atoms with van der Waals surface area (Å²) in [6.45, 7) is 4.00. The van der Waals surface area contributed by atoms with Crippen molar-refractivity contribution in [3.63, 3.8) is 0 Å². The fourth-order valence-corrected chi connectivity index (χ4v) is 1.98. The molecule has 4 heteroatoms. The molecule has 0 aliphatic heterocycles. The van der Waals surface area contributed by atoms with E-state index in [1.165, 1.54) is 7.11 Å². The molecule has 104 valence electrons. The van der Waals surface area contributed by atoms with Crippen LogP contribution in [0.3, 0.4) is 0 Å². The van der Waals surface area contributed by atoms with E-state index in [0.717, 1.165) is 12.0 Å². The van der Waals surface area contributed by atoms with Crippen molar-refractivity contribution < 1.29 is 14.3 Å². The van der Waals surface area contributed by atoms with Gasteiger partial charge in [-0.05, 0) is 11.5 Å². The molecule has 0 saturated carbocycles. The molecule has 1 N–H and O–H groups in total. The van der Waals surface area contributed by atoms with Crippen molar-refractivity contribution in [2.24, 2.45) is 5.92 Å². The molecule has 1 aromatic carbocycles. The standard InChI is InChI=1S/C15H21NO3/c1-4-11(2)14(12-8-6-5-7-9-12)15(18)16-10-13(17)19-3/h5-9,11,14H,4,10H2,1-3H3,(H,16,18). The van der Waals surface area contributed by atoms with E-state index < -0.39 is 5.97 Å². The molecule has 0 fully saturated rings. The fraction of sp³-hybridized carbons (Fsp3) is 0.467. The average Bonchev–Trinajstić information content (AvgIpc) is 2.45. The number of rotatable bonds is 6. The molecule has 1 aromatic rings. The smallest absolute Gasteiger partial charge is 0.325 e. The van der Waals surface area contributed by atoms with Gasteiger partial charge in [0.15, 0.2) is 0 Å². The zero-order valence-corrected chi connectivity index (χ0v) is 11.7. The zero-order valence-electron chi connectivity index (χ0n) is 11.7. The van der Waals surface area contributed by atoms with Crippen LogP contribution in [-0.2, 0) is 14.3 Å². The van der Waals surface area contributed by atoms with Crippen molar-refractivity contribution in [2.45, 2.75) is 26.2 Å². The minimum atomic E-state index is -0.440. The normalized spacial score (nSPS) is 13.4. The predicted molar refractivity (Wildman–Crippen MR) is 73.7 cm³/mol. The number of carbonyl (C=O) groups excluding carboxylic acids is 2. The Hall–Kier alpha value is -1.84. The Kier molecular flexibility index (Phi) is 6.06. The topological polar surface area (TPSA) is 55.4 Å². The summed E-state index contributed by atoms with van der Waals surface area (Å²) < 4.78 is 4.52. The van der Waals surface area contributed by atoms with Crippen LogP contribution >= 0.6 is 0 Å². The molecule has 0 bridgehead atoms. The molecule has 0 aliphatic rings. The highest BCUT2D eigenvalue weighted by Crippen LogP contribution is 2.26. The number of carbonyl (C=O) groups is 2. The molecule has 4 nitrogen and oxygen atoms in total. The lowest BCUT2D eigenvalue weighted by molar-refractivity contribution is -0.141. The van der Waals surface area contributed by atoms with Gasteiger partial charge in [-0.3, -0.25) is 9.59 Å². The summed E-state index contributed by atoms with van der Waals surface area (Å²) in [5.74, 6) is -0.605. The van der Waals surface area contributed by atoms with E-state index in [9.17, 15) is 9.59 Å². The molecule has 2 atom stereocenters. The third kappa shape index (κ3) is 4.39. The quantitative estimate of drug-likeness (QED) is 0.800. The lowest BCUT2D eigenvalue weighted by atomic mass is 9.85. The molecule has 0 aromatic heterocycles. The Labute approximate surface area is 114 Å². The van der Waals surface area contributed by atoms with Crippen LogP contribution in [0.1, 0.15) is 31.7 Å². The monoisotopic (exact) mass is 263 g/mol. The molecule has 2 unspecified atom stereocenters. The number of benzene rings is 1. The summed E-state index contributed by atoms with van der Waals surface area (Å²) in [7, 11) is 1.30. The van der Waals surface area contributed by atoms with Gasteiger partial charge in [-0.25, -0.2) is 0 Å². The number of nitrogens with one attached hydrogen (secondary N) is 1. The second kappa shape index (κ2) is 7.56. The van der Waals surface area contributed by atoms with Crippen LogP contribution in [0.2, 0.25) is 0 Å². The van der Waals surface area contributed by atoms with Gasteiger partial charge in [-0.15, -0.1) is 0 Å². The molecule has 1 amide bonds. The van der Waals surface area contributed by atoms with Crippen molar-refractivity contribution in [1.82, 2.24) is 5.32 Å². The van der Waals surface area contributed by atoms with Gasteiger partial charge in [0, 0.05) is 0 Å². The second-order valence-corrected chi connectivity index (χ2v) is 4.57. The molecule has 0 radical (unpaired) electrons. The van der Waals surface area contributed by atoms with Crippen molar-refractivity contribution in [1.29, 1.82) is 0 Å². The van der Waals surface area contributed by atoms with Gasteiger partial charge < -0.3 is 10.1 Å². The van der Waals surface area contributed by atoms with Gasteiger partial charge in [0.25, 0.3) is 0 Å². The van der Waals surface area contributed by atoms with Crippen LogP contribution in [0.4, 0.5) is 0 Å².